The van der Waals surface area contributed by atoms with E-state index >= 15 is 0 Å². The van der Waals surface area contributed by atoms with E-state index < -0.39 is 20.0 Å². The largest absolute Gasteiger partial charge is 0.326 e. The molecule has 8 nitrogen and oxygen atoms in total. The topological polar surface area (TPSA) is 113 Å². The van der Waals surface area contributed by atoms with Gasteiger partial charge in [0.05, 0.1) is 16.8 Å². The highest BCUT2D eigenvalue weighted by atomic mass is 32.2. The predicted molar refractivity (Wildman–Crippen MR) is 116 cm³/mol. The zero-order valence-electron chi connectivity index (χ0n) is 16.8. The van der Waals surface area contributed by atoms with Crippen LogP contribution in [0.15, 0.2) is 53.4 Å². The number of nitrogens with one attached hydrogen (secondary N) is 2. The van der Waals surface area contributed by atoms with Crippen molar-refractivity contribution in [1.29, 1.82) is 0 Å². The fraction of sp³-hybridized carbons (Fsp3) is 0.350. The van der Waals surface area contributed by atoms with Crippen LogP contribution in [-0.4, -0.2) is 46.4 Å². The van der Waals surface area contributed by atoms with Gasteiger partial charge in [-0.25, -0.2) is 16.8 Å². The van der Waals surface area contributed by atoms with Crippen molar-refractivity contribution >= 4 is 37.3 Å². The standard InChI is InChI=1S/C20H25N3O5S2/c1-15-8-9-17(14-19(15)22-29(2,25)26)21-20(24)16-10-12-23(13-11-16)30(27,28)18-6-4-3-5-7-18/h3-9,14,16,22H,10-13H2,1-2H3,(H,21,24). The Bertz CT molecular complexity index is 1120. The molecule has 1 fully saturated rings. The molecular formula is C20H25N3O5S2. The first kappa shape index (κ1) is 22.3. The highest BCUT2D eigenvalue weighted by Gasteiger charge is 2.32. The van der Waals surface area contributed by atoms with Crippen molar-refractivity contribution in [2.75, 3.05) is 29.4 Å². The Morgan fingerprint density at radius 1 is 1.00 bits per heavy atom. The summed E-state index contributed by atoms with van der Waals surface area (Å²) >= 11 is 0. The zero-order valence-corrected chi connectivity index (χ0v) is 18.5. The maximum Gasteiger partial charge on any atom is 0.243 e. The SMILES string of the molecule is Cc1ccc(NC(=O)C2CCN(S(=O)(=O)c3ccccc3)CC2)cc1NS(C)(=O)=O. The van der Waals surface area contributed by atoms with E-state index in [1.807, 2.05) is 0 Å². The zero-order chi connectivity index (χ0) is 21.9. The quantitative estimate of drug-likeness (QED) is 0.700. The maximum atomic E-state index is 12.7. The Labute approximate surface area is 177 Å². The smallest absolute Gasteiger partial charge is 0.243 e. The van der Waals surface area contributed by atoms with Gasteiger partial charge in [0.1, 0.15) is 0 Å². The van der Waals surface area contributed by atoms with Crippen LogP contribution in [0.5, 0.6) is 0 Å². The molecule has 0 unspecified atom stereocenters. The molecule has 1 saturated heterocycles. The Hall–Kier alpha value is -2.43. The third-order valence-electron chi connectivity index (χ3n) is 5.01. The van der Waals surface area contributed by atoms with Crippen LogP contribution in [-0.2, 0) is 24.8 Å². The number of anilines is 2. The van der Waals surface area contributed by atoms with E-state index in [1.165, 1.54) is 4.31 Å². The number of aryl methyl sites for hydroxylation is 1. The molecule has 1 amide bonds. The fourth-order valence-corrected chi connectivity index (χ4v) is 5.46. The van der Waals surface area contributed by atoms with Crippen LogP contribution in [0.25, 0.3) is 0 Å². The highest BCUT2D eigenvalue weighted by molar-refractivity contribution is 7.92. The molecule has 2 aromatic carbocycles. The summed E-state index contributed by atoms with van der Waals surface area (Å²) in [6, 6.07) is 13.2. The number of amides is 1. The predicted octanol–water partition coefficient (Wildman–Crippen LogP) is 2.41. The number of hydrogen-bond donors (Lipinski definition) is 2. The average Bonchev–Trinajstić information content (AvgIpc) is 2.70. The van der Waals surface area contributed by atoms with Crippen LogP contribution in [0, 0.1) is 12.8 Å². The lowest BCUT2D eigenvalue weighted by atomic mass is 9.97. The van der Waals surface area contributed by atoms with Gasteiger partial charge < -0.3 is 5.32 Å². The molecule has 1 aliphatic rings. The molecule has 30 heavy (non-hydrogen) atoms. The summed E-state index contributed by atoms with van der Waals surface area (Å²) < 4.78 is 52.2. The van der Waals surface area contributed by atoms with Crippen LogP contribution in [0.1, 0.15) is 18.4 Å². The lowest BCUT2D eigenvalue weighted by Gasteiger charge is -2.30. The van der Waals surface area contributed by atoms with Gasteiger partial charge in [-0.05, 0) is 49.6 Å². The first-order valence-corrected chi connectivity index (χ1v) is 12.8. The van der Waals surface area contributed by atoms with Crippen molar-refractivity contribution in [3.05, 3.63) is 54.1 Å². The average molecular weight is 452 g/mol. The molecule has 0 atom stereocenters. The molecule has 0 aliphatic carbocycles. The maximum absolute atomic E-state index is 12.7. The lowest BCUT2D eigenvalue weighted by Crippen LogP contribution is -2.41. The Kier molecular flexibility index (Phi) is 6.49. The molecule has 0 saturated carbocycles. The van der Waals surface area contributed by atoms with Crippen LogP contribution in [0.4, 0.5) is 11.4 Å². The minimum absolute atomic E-state index is 0.207. The van der Waals surface area contributed by atoms with Gasteiger partial charge in [-0.15, -0.1) is 0 Å². The first-order valence-electron chi connectivity index (χ1n) is 9.51. The van der Waals surface area contributed by atoms with E-state index in [4.69, 9.17) is 0 Å². The molecule has 2 N–H and O–H groups in total. The van der Waals surface area contributed by atoms with E-state index in [-0.39, 0.29) is 29.8 Å². The second-order valence-electron chi connectivity index (χ2n) is 7.38. The number of hydrogen-bond acceptors (Lipinski definition) is 5. The number of rotatable bonds is 6. The van der Waals surface area contributed by atoms with Crippen molar-refractivity contribution in [2.45, 2.75) is 24.7 Å². The van der Waals surface area contributed by atoms with Crippen LogP contribution >= 0.6 is 0 Å². The molecule has 0 bridgehead atoms. The molecule has 10 heteroatoms. The summed E-state index contributed by atoms with van der Waals surface area (Å²) in [5.41, 5.74) is 1.62. The highest BCUT2D eigenvalue weighted by Crippen LogP contribution is 2.26. The summed E-state index contributed by atoms with van der Waals surface area (Å²) in [6.45, 7) is 2.30. The number of benzene rings is 2. The first-order chi connectivity index (χ1) is 14.1. The van der Waals surface area contributed by atoms with E-state index in [0.717, 1.165) is 11.8 Å². The summed E-state index contributed by atoms with van der Waals surface area (Å²) in [5.74, 6) is -0.527. The second-order valence-corrected chi connectivity index (χ2v) is 11.1. The van der Waals surface area contributed by atoms with Crippen molar-refractivity contribution < 1.29 is 21.6 Å². The van der Waals surface area contributed by atoms with Gasteiger partial charge in [0.15, 0.2) is 0 Å². The van der Waals surface area contributed by atoms with E-state index in [2.05, 4.69) is 10.0 Å². The Morgan fingerprint density at radius 2 is 1.63 bits per heavy atom. The second kappa shape index (κ2) is 8.75. The van der Waals surface area contributed by atoms with Gasteiger partial charge in [-0.3, -0.25) is 9.52 Å². The lowest BCUT2D eigenvalue weighted by molar-refractivity contribution is -0.120. The third kappa shape index (κ3) is 5.38. The Morgan fingerprint density at radius 3 is 2.23 bits per heavy atom. The van der Waals surface area contributed by atoms with Gasteiger partial charge in [0.25, 0.3) is 0 Å². The number of nitrogens with zero attached hydrogens (tertiary/aromatic N) is 1. The molecule has 162 valence electrons. The van der Waals surface area contributed by atoms with Crippen molar-refractivity contribution in [3.8, 4) is 0 Å². The number of sulfonamides is 2. The molecule has 3 rings (SSSR count). The van der Waals surface area contributed by atoms with Gasteiger partial charge in [-0.1, -0.05) is 24.3 Å². The van der Waals surface area contributed by atoms with Gasteiger partial charge >= 0.3 is 0 Å². The van der Waals surface area contributed by atoms with E-state index in [9.17, 15) is 21.6 Å². The Balaban J connectivity index is 1.63. The molecule has 1 heterocycles. The van der Waals surface area contributed by atoms with Crippen LogP contribution in [0.2, 0.25) is 0 Å². The van der Waals surface area contributed by atoms with Crippen molar-refractivity contribution in [1.82, 2.24) is 4.31 Å². The summed E-state index contributed by atoms with van der Waals surface area (Å²) in [6.07, 6.45) is 1.89. The molecular weight excluding hydrogens is 426 g/mol. The van der Waals surface area contributed by atoms with Crippen molar-refractivity contribution in [2.24, 2.45) is 5.92 Å². The molecule has 1 aliphatic heterocycles. The number of piperidine rings is 1. The van der Waals surface area contributed by atoms with E-state index in [0.29, 0.717) is 24.2 Å². The summed E-state index contributed by atoms with van der Waals surface area (Å²) in [4.78, 5) is 12.9. The fourth-order valence-electron chi connectivity index (χ4n) is 3.35. The number of carbonyl (C=O) groups is 1. The third-order valence-corrected chi connectivity index (χ3v) is 7.51. The minimum Gasteiger partial charge on any atom is -0.326 e. The molecule has 0 aromatic heterocycles. The van der Waals surface area contributed by atoms with Crippen molar-refractivity contribution in [3.63, 3.8) is 0 Å². The summed E-state index contributed by atoms with van der Waals surface area (Å²) in [7, 11) is -6.99. The van der Waals surface area contributed by atoms with Crippen LogP contribution < -0.4 is 10.0 Å². The van der Waals surface area contributed by atoms with Gasteiger partial charge in [0, 0.05) is 24.7 Å². The number of carbonyl (C=O) groups excluding carboxylic acids is 1. The molecule has 2 aromatic rings. The van der Waals surface area contributed by atoms with Crippen LogP contribution in [0.3, 0.4) is 0 Å². The molecule has 0 radical (unpaired) electrons. The molecule has 0 spiro atoms. The minimum atomic E-state index is -3.56. The summed E-state index contributed by atoms with van der Waals surface area (Å²) in [5, 5.41) is 2.81. The van der Waals surface area contributed by atoms with Gasteiger partial charge in [0.2, 0.25) is 26.0 Å². The normalized spacial score (nSPS) is 16.2. The monoisotopic (exact) mass is 451 g/mol. The van der Waals surface area contributed by atoms with Gasteiger partial charge in [-0.2, -0.15) is 4.31 Å². The van der Waals surface area contributed by atoms with E-state index in [1.54, 1.807) is 55.5 Å².